The molecule has 2 rings (SSSR count). The maximum Gasteiger partial charge on any atom is 0.0995 e. The van der Waals surface area contributed by atoms with E-state index in [1.165, 1.54) is 12.1 Å². The van der Waals surface area contributed by atoms with Gasteiger partial charge >= 0.3 is 0 Å². The third-order valence-corrected chi connectivity index (χ3v) is 3.02. The standard InChI is InChI=1S/C10H10O3S.H3N/c11-14(12,13)10-6-5-8-3-1-2-4-9(8)7-10;/h1-7,14H,(H2,11,12,13);1H3. The second kappa shape index (κ2) is 4.08. The lowest BCUT2D eigenvalue weighted by Crippen LogP contribution is -2.07. The molecule has 0 saturated carbocycles. The summed E-state index contributed by atoms with van der Waals surface area (Å²) < 4.78 is 28.9. The quantitative estimate of drug-likeness (QED) is 0.562. The van der Waals surface area contributed by atoms with Crippen molar-refractivity contribution >= 4 is 21.3 Å². The summed E-state index contributed by atoms with van der Waals surface area (Å²) >= 11 is 0. The van der Waals surface area contributed by atoms with E-state index < -0.39 is 10.5 Å². The first-order valence-corrected chi connectivity index (χ1v) is 5.73. The van der Waals surface area contributed by atoms with Gasteiger partial charge in [-0.05, 0) is 22.9 Å². The predicted octanol–water partition coefficient (Wildman–Crippen LogP) is 2.32. The van der Waals surface area contributed by atoms with Crippen LogP contribution in [0.4, 0.5) is 0 Å². The first-order chi connectivity index (χ1) is 6.57. The summed E-state index contributed by atoms with van der Waals surface area (Å²) in [4.78, 5) is 0.0659. The number of fused-ring (bicyclic) bond motifs is 1. The largest absolute Gasteiger partial charge is 0.344 e. The van der Waals surface area contributed by atoms with Crippen molar-refractivity contribution in [2.45, 2.75) is 4.90 Å². The summed E-state index contributed by atoms with van der Waals surface area (Å²) in [6.45, 7) is 0. The Bertz CT molecular complexity index is 521. The van der Waals surface area contributed by atoms with E-state index >= 15 is 0 Å². The van der Waals surface area contributed by atoms with Crippen LogP contribution in [-0.4, -0.2) is 13.3 Å². The molecule has 5 heteroatoms. The number of thiol groups is 1. The van der Waals surface area contributed by atoms with Crippen LogP contribution in [0.2, 0.25) is 0 Å². The van der Waals surface area contributed by atoms with Crippen molar-refractivity contribution in [3.63, 3.8) is 0 Å². The molecule has 5 N–H and O–H groups in total. The number of hydrogen-bond acceptors (Lipinski definition) is 2. The maximum atomic E-state index is 11.0. The molecule has 0 radical (unpaired) electrons. The highest BCUT2D eigenvalue weighted by atomic mass is 32.3. The summed E-state index contributed by atoms with van der Waals surface area (Å²) in [5.74, 6) is 0. The van der Waals surface area contributed by atoms with Crippen LogP contribution in [0.1, 0.15) is 0 Å². The van der Waals surface area contributed by atoms with E-state index in [1.54, 1.807) is 6.07 Å². The Morgan fingerprint density at radius 2 is 1.53 bits per heavy atom. The fourth-order valence-corrected chi connectivity index (χ4v) is 1.93. The Hall–Kier alpha value is -1.27. The maximum absolute atomic E-state index is 11.0. The summed E-state index contributed by atoms with van der Waals surface area (Å²) in [6.07, 6.45) is 0. The first-order valence-electron chi connectivity index (χ1n) is 4.12. The third-order valence-electron chi connectivity index (χ3n) is 2.07. The Morgan fingerprint density at radius 1 is 0.933 bits per heavy atom. The van der Waals surface area contributed by atoms with Crippen LogP contribution in [0.15, 0.2) is 47.4 Å². The molecule has 2 aromatic carbocycles. The van der Waals surface area contributed by atoms with Gasteiger partial charge < -0.3 is 15.3 Å². The van der Waals surface area contributed by atoms with Gasteiger partial charge in [-0.15, -0.1) is 0 Å². The molecular formula is C10H13NO3S. The van der Waals surface area contributed by atoms with Gasteiger partial charge in [0.15, 0.2) is 0 Å². The molecule has 0 saturated heterocycles. The molecule has 0 unspecified atom stereocenters. The highest BCUT2D eigenvalue weighted by Gasteiger charge is 2.07. The van der Waals surface area contributed by atoms with E-state index in [-0.39, 0.29) is 11.0 Å². The Morgan fingerprint density at radius 3 is 2.13 bits per heavy atom. The lowest BCUT2D eigenvalue weighted by Gasteiger charge is -2.10. The minimum absolute atomic E-state index is 0. The number of rotatable bonds is 1. The van der Waals surface area contributed by atoms with Crippen LogP contribution in [0.5, 0.6) is 0 Å². The zero-order valence-electron chi connectivity index (χ0n) is 8.00. The van der Waals surface area contributed by atoms with E-state index in [0.717, 1.165) is 10.8 Å². The van der Waals surface area contributed by atoms with E-state index in [2.05, 4.69) is 0 Å². The van der Waals surface area contributed by atoms with E-state index in [4.69, 9.17) is 9.11 Å². The number of hydrogen-bond donors (Lipinski definition) is 4. The topological polar surface area (TPSA) is 92.5 Å². The van der Waals surface area contributed by atoms with Crippen molar-refractivity contribution in [3.05, 3.63) is 42.5 Å². The SMILES string of the molecule is N.O=[SH](O)(O)c1ccc2ccccc2c1. The van der Waals surface area contributed by atoms with Crippen molar-refractivity contribution in [3.8, 4) is 0 Å². The smallest absolute Gasteiger partial charge is 0.0995 e. The van der Waals surface area contributed by atoms with Gasteiger partial charge in [0.05, 0.1) is 15.4 Å². The summed E-state index contributed by atoms with van der Waals surface area (Å²) in [6, 6.07) is 12.2. The Labute approximate surface area is 88.6 Å². The van der Waals surface area contributed by atoms with Crippen LogP contribution in [-0.2, 0) is 10.5 Å². The van der Waals surface area contributed by atoms with E-state index in [1.807, 2.05) is 24.3 Å². The summed E-state index contributed by atoms with van der Waals surface area (Å²) in [5.41, 5.74) is 0. The molecule has 0 aliphatic heterocycles. The Kier molecular flexibility index (Phi) is 3.21. The van der Waals surface area contributed by atoms with Crippen LogP contribution >= 0.6 is 0 Å². The van der Waals surface area contributed by atoms with Gasteiger partial charge in [0.25, 0.3) is 0 Å². The van der Waals surface area contributed by atoms with Gasteiger partial charge in [0.1, 0.15) is 0 Å². The van der Waals surface area contributed by atoms with Crippen LogP contribution in [0.25, 0.3) is 10.8 Å². The molecule has 4 nitrogen and oxygen atoms in total. The van der Waals surface area contributed by atoms with Gasteiger partial charge in [-0.25, -0.2) is 4.21 Å². The Balaban J connectivity index is 0.00000112. The van der Waals surface area contributed by atoms with E-state index in [0.29, 0.717) is 0 Å². The second-order valence-corrected chi connectivity index (χ2v) is 4.68. The fraction of sp³-hybridized carbons (Fsp3) is 0. The van der Waals surface area contributed by atoms with Crippen molar-refractivity contribution in [2.24, 2.45) is 0 Å². The average Bonchev–Trinajstić information content (AvgIpc) is 2.16. The molecule has 82 valence electrons. The highest BCUT2D eigenvalue weighted by Crippen LogP contribution is 2.20. The normalized spacial score (nSPS) is 12.1. The minimum atomic E-state index is -4.12. The zero-order valence-corrected chi connectivity index (χ0v) is 8.89. The van der Waals surface area contributed by atoms with Crippen molar-refractivity contribution in [1.29, 1.82) is 0 Å². The molecule has 0 aliphatic rings. The predicted molar refractivity (Wildman–Crippen MR) is 62.0 cm³/mol. The lowest BCUT2D eigenvalue weighted by atomic mass is 10.1. The van der Waals surface area contributed by atoms with Crippen molar-refractivity contribution in [1.82, 2.24) is 6.15 Å². The summed E-state index contributed by atoms with van der Waals surface area (Å²) in [5, 5.41) is 1.82. The summed E-state index contributed by atoms with van der Waals surface area (Å²) in [7, 11) is -4.12. The van der Waals surface area contributed by atoms with Gasteiger partial charge in [0.2, 0.25) is 0 Å². The van der Waals surface area contributed by atoms with Gasteiger partial charge in [-0.3, -0.25) is 0 Å². The molecule has 0 aromatic heterocycles. The van der Waals surface area contributed by atoms with Gasteiger partial charge in [-0.2, -0.15) is 0 Å². The monoisotopic (exact) mass is 227 g/mol. The molecule has 2 aromatic rings. The minimum Gasteiger partial charge on any atom is -0.344 e. The van der Waals surface area contributed by atoms with Crippen molar-refractivity contribution < 1.29 is 13.3 Å². The van der Waals surface area contributed by atoms with Crippen LogP contribution in [0.3, 0.4) is 0 Å². The van der Waals surface area contributed by atoms with Crippen LogP contribution in [0, 0.1) is 0 Å². The second-order valence-electron chi connectivity index (χ2n) is 3.08. The molecule has 0 spiro atoms. The molecule has 0 atom stereocenters. The molecule has 0 heterocycles. The lowest BCUT2D eigenvalue weighted by molar-refractivity contribution is 0.423. The molecule has 0 amide bonds. The van der Waals surface area contributed by atoms with Crippen molar-refractivity contribution in [2.75, 3.05) is 0 Å². The fourth-order valence-electron chi connectivity index (χ4n) is 1.36. The molecule has 0 bridgehead atoms. The molecule has 0 aliphatic carbocycles. The zero-order chi connectivity index (χ0) is 10.2. The van der Waals surface area contributed by atoms with Gasteiger partial charge in [0, 0.05) is 0 Å². The average molecular weight is 227 g/mol. The molecule has 0 fully saturated rings. The molecule has 15 heavy (non-hydrogen) atoms. The number of benzene rings is 2. The first kappa shape index (κ1) is 11.8. The third kappa shape index (κ3) is 2.40. The van der Waals surface area contributed by atoms with Gasteiger partial charge in [-0.1, -0.05) is 30.3 Å². The molecular weight excluding hydrogens is 214 g/mol. The van der Waals surface area contributed by atoms with Crippen LogP contribution < -0.4 is 6.15 Å². The van der Waals surface area contributed by atoms with E-state index in [9.17, 15) is 4.21 Å². The highest BCUT2D eigenvalue weighted by molar-refractivity contribution is 7.92.